The van der Waals surface area contributed by atoms with Crippen LogP contribution in [0, 0.1) is 17.0 Å². The molecule has 0 radical (unpaired) electrons. The Hall–Kier alpha value is -3.10. The van der Waals surface area contributed by atoms with E-state index in [9.17, 15) is 18.4 Å². The average Bonchev–Trinajstić information content (AvgIpc) is 3.30. The number of nitrogens with zero attached hydrogens (tertiary/aromatic N) is 3. The van der Waals surface area contributed by atoms with Crippen LogP contribution in [0.5, 0.6) is 0 Å². The molecule has 0 bridgehead atoms. The summed E-state index contributed by atoms with van der Waals surface area (Å²) in [5, 5.41) is 3.00. The summed E-state index contributed by atoms with van der Waals surface area (Å²) in [7, 11) is 2.06. The van der Waals surface area contributed by atoms with Gasteiger partial charge in [0.25, 0.3) is 0 Å². The number of carbonyl (C=O) groups excluding carboxylic acids is 2. The highest BCUT2D eigenvalue weighted by atomic mass is 19.1. The number of piperazine rings is 1. The van der Waals surface area contributed by atoms with Crippen LogP contribution in [0.25, 0.3) is 5.57 Å². The molecule has 0 saturated carbocycles. The van der Waals surface area contributed by atoms with E-state index in [0.29, 0.717) is 5.57 Å². The van der Waals surface area contributed by atoms with E-state index in [1.165, 1.54) is 0 Å². The van der Waals surface area contributed by atoms with Gasteiger partial charge in [-0.15, -0.1) is 0 Å². The number of halogens is 2. The molecule has 198 valence electrons. The number of hydrogen-bond acceptors (Lipinski definition) is 4. The van der Waals surface area contributed by atoms with Gasteiger partial charge in [-0.3, -0.25) is 14.5 Å². The lowest BCUT2D eigenvalue weighted by Gasteiger charge is -2.37. The van der Waals surface area contributed by atoms with Gasteiger partial charge in [-0.2, -0.15) is 0 Å². The van der Waals surface area contributed by atoms with Gasteiger partial charge in [0.05, 0.1) is 12.6 Å². The normalized spacial score (nSPS) is 20.0. The number of rotatable bonds is 6. The maximum Gasteiger partial charge on any atom is 0.246 e. The Morgan fingerprint density at radius 1 is 1.03 bits per heavy atom. The zero-order chi connectivity index (χ0) is 26.7. The third-order valence-electron chi connectivity index (χ3n) is 7.12. The first-order valence-corrected chi connectivity index (χ1v) is 12.7. The molecule has 2 aromatic carbocycles. The molecule has 0 spiro atoms. The Labute approximate surface area is 217 Å². The molecule has 2 atom stereocenters. The molecule has 4 rings (SSSR count). The minimum atomic E-state index is -0.788. The number of likely N-dealkylation sites (N-methyl/N-ethyl adjacent to an activating group) is 1. The summed E-state index contributed by atoms with van der Waals surface area (Å²) < 4.78 is 28.7. The van der Waals surface area contributed by atoms with Crippen LogP contribution in [0.15, 0.2) is 54.6 Å². The van der Waals surface area contributed by atoms with Crippen molar-refractivity contribution in [3.05, 3.63) is 77.4 Å². The van der Waals surface area contributed by atoms with Crippen molar-refractivity contribution in [1.29, 1.82) is 0 Å². The van der Waals surface area contributed by atoms with Crippen molar-refractivity contribution in [2.45, 2.75) is 32.9 Å². The van der Waals surface area contributed by atoms with Crippen LogP contribution in [-0.4, -0.2) is 78.9 Å². The van der Waals surface area contributed by atoms with Gasteiger partial charge < -0.3 is 15.1 Å². The second-order valence-corrected chi connectivity index (χ2v) is 11.1. The fourth-order valence-corrected chi connectivity index (χ4v) is 4.91. The Balaban J connectivity index is 1.59. The van der Waals surface area contributed by atoms with Crippen LogP contribution in [0.4, 0.5) is 8.78 Å². The predicted octanol–water partition coefficient (Wildman–Crippen LogP) is 3.71. The Morgan fingerprint density at radius 3 is 2.35 bits per heavy atom. The maximum atomic E-state index is 14.7. The molecule has 6 nitrogen and oxygen atoms in total. The molecular formula is C29H36F2N4O2. The first kappa shape index (κ1) is 26.9. The van der Waals surface area contributed by atoms with Gasteiger partial charge in [0.15, 0.2) is 0 Å². The predicted molar refractivity (Wildman–Crippen MR) is 141 cm³/mol. The third-order valence-corrected chi connectivity index (χ3v) is 7.12. The van der Waals surface area contributed by atoms with Crippen LogP contribution >= 0.6 is 0 Å². The molecule has 0 aliphatic carbocycles. The highest BCUT2D eigenvalue weighted by Crippen LogP contribution is 2.37. The molecule has 0 aromatic heterocycles. The van der Waals surface area contributed by atoms with Gasteiger partial charge in [0, 0.05) is 38.3 Å². The molecular weight excluding hydrogens is 474 g/mol. The summed E-state index contributed by atoms with van der Waals surface area (Å²) in [5.74, 6) is -1.53. The lowest BCUT2D eigenvalue weighted by atomic mass is 9.85. The molecule has 8 heteroatoms. The lowest BCUT2D eigenvalue weighted by molar-refractivity contribution is -0.140. The standard InChI is InChI=1S/C29H36F2N4O2/c1-29(2,3)27(32-26(36)19-34-14-12-33(4)13-15-34)28(37)35-18-21(23-17-22(30)10-11-24(23)31)16-25(35)20-8-6-5-7-9-20/h5-11,16-17,25,27H,12-15,18-19H2,1-4H3,(H,32,36)/t25-,27+/m0/s1. The van der Waals surface area contributed by atoms with Gasteiger partial charge in [0.1, 0.15) is 17.7 Å². The van der Waals surface area contributed by atoms with Crippen molar-refractivity contribution >= 4 is 17.4 Å². The molecule has 1 fully saturated rings. The van der Waals surface area contributed by atoms with Gasteiger partial charge in [-0.05, 0) is 41.8 Å². The molecule has 1 saturated heterocycles. The van der Waals surface area contributed by atoms with Crippen LogP contribution in [0.1, 0.15) is 37.9 Å². The first-order chi connectivity index (χ1) is 17.5. The lowest BCUT2D eigenvalue weighted by Crippen LogP contribution is -2.57. The van der Waals surface area contributed by atoms with Gasteiger partial charge in [0.2, 0.25) is 11.8 Å². The monoisotopic (exact) mass is 510 g/mol. The minimum Gasteiger partial charge on any atom is -0.343 e. The van der Waals surface area contributed by atoms with Crippen molar-refractivity contribution in [3.8, 4) is 0 Å². The van der Waals surface area contributed by atoms with E-state index in [0.717, 1.165) is 49.9 Å². The van der Waals surface area contributed by atoms with E-state index >= 15 is 0 Å². The van der Waals surface area contributed by atoms with E-state index in [4.69, 9.17) is 0 Å². The average molecular weight is 511 g/mol. The van der Waals surface area contributed by atoms with Gasteiger partial charge >= 0.3 is 0 Å². The fraction of sp³-hybridized carbons (Fsp3) is 0.448. The second-order valence-electron chi connectivity index (χ2n) is 11.1. The van der Waals surface area contributed by atoms with Crippen LogP contribution in [0.3, 0.4) is 0 Å². The maximum absolute atomic E-state index is 14.7. The van der Waals surface area contributed by atoms with E-state index < -0.39 is 29.1 Å². The molecule has 2 aromatic rings. The SMILES string of the molecule is CN1CCN(CC(=O)N[C@H](C(=O)N2CC(c3cc(F)ccc3F)=C[C@H]2c2ccccc2)C(C)(C)C)CC1. The highest BCUT2D eigenvalue weighted by molar-refractivity contribution is 5.91. The molecule has 2 aliphatic rings. The van der Waals surface area contributed by atoms with E-state index in [1.807, 2.05) is 57.2 Å². The van der Waals surface area contributed by atoms with Crippen molar-refractivity contribution in [2.24, 2.45) is 5.41 Å². The van der Waals surface area contributed by atoms with Crippen molar-refractivity contribution in [1.82, 2.24) is 20.0 Å². The van der Waals surface area contributed by atoms with E-state index in [-0.39, 0.29) is 30.5 Å². The van der Waals surface area contributed by atoms with Crippen LogP contribution in [0.2, 0.25) is 0 Å². The summed E-state index contributed by atoms with van der Waals surface area (Å²) in [6.07, 6.45) is 1.82. The Morgan fingerprint density at radius 2 is 1.70 bits per heavy atom. The quantitative estimate of drug-likeness (QED) is 0.644. The fourth-order valence-electron chi connectivity index (χ4n) is 4.91. The van der Waals surface area contributed by atoms with Gasteiger partial charge in [-0.1, -0.05) is 57.2 Å². The summed E-state index contributed by atoms with van der Waals surface area (Å²) in [6, 6.07) is 11.6. The summed E-state index contributed by atoms with van der Waals surface area (Å²) >= 11 is 0. The summed E-state index contributed by atoms with van der Waals surface area (Å²) in [5.41, 5.74) is 0.973. The molecule has 1 N–H and O–H groups in total. The number of amides is 2. The van der Waals surface area contributed by atoms with Crippen molar-refractivity contribution in [2.75, 3.05) is 46.3 Å². The molecule has 37 heavy (non-hydrogen) atoms. The van der Waals surface area contributed by atoms with Gasteiger partial charge in [-0.25, -0.2) is 8.78 Å². The number of nitrogens with one attached hydrogen (secondary N) is 1. The number of carbonyl (C=O) groups is 2. The summed E-state index contributed by atoms with van der Waals surface area (Å²) in [6.45, 7) is 9.48. The van der Waals surface area contributed by atoms with E-state index in [1.54, 1.807) is 4.90 Å². The highest BCUT2D eigenvalue weighted by Gasteiger charge is 2.40. The van der Waals surface area contributed by atoms with Crippen molar-refractivity contribution in [3.63, 3.8) is 0 Å². The second kappa shape index (κ2) is 11.1. The topological polar surface area (TPSA) is 55.9 Å². The molecule has 2 heterocycles. The third kappa shape index (κ3) is 6.43. The largest absolute Gasteiger partial charge is 0.343 e. The zero-order valence-electron chi connectivity index (χ0n) is 22.0. The minimum absolute atomic E-state index is 0.111. The van der Waals surface area contributed by atoms with E-state index in [2.05, 4.69) is 22.2 Å². The Kier molecular flexibility index (Phi) is 8.09. The van der Waals surface area contributed by atoms with Crippen molar-refractivity contribution < 1.29 is 18.4 Å². The first-order valence-electron chi connectivity index (χ1n) is 12.7. The van der Waals surface area contributed by atoms with Crippen LogP contribution in [-0.2, 0) is 9.59 Å². The number of benzene rings is 2. The molecule has 0 unspecified atom stereocenters. The molecule has 2 aliphatic heterocycles. The molecule has 2 amide bonds. The zero-order valence-corrected chi connectivity index (χ0v) is 22.0. The summed E-state index contributed by atoms with van der Waals surface area (Å²) in [4.78, 5) is 33.1. The Bertz CT molecular complexity index is 1150. The van der Waals surface area contributed by atoms with Crippen LogP contribution < -0.4 is 5.32 Å². The number of hydrogen-bond donors (Lipinski definition) is 1. The smallest absolute Gasteiger partial charge is 0.246 e.